The van der Waals surface area contributed by atoms with Gasteiger partial charge >= 0.3 is 0 Å². The monoisotopic (exact) mass is 344 g/mol. The number of aliphatic hydroxyl groups is 1. The molecule has 0 saturated carbocycles. The highest BCUT2D eigenvalue weighted by Gasteiger charge is 2.18. The number of carbonyl (C=O) groups is 1. The van der Waals surface area contributed by atoms with Gasteiger partial charge in [0.2, 0.25) is 0 Å². The van der Waals surface area contributed by atoms with Crippen LogP contribution < -0.4 is 5.32 Å². The summed E-state index contributed by atoms with van der Waals surface area (Å²) in [5, 5.41) is 13.0. The lowest BCUT2D eigenvalue weighted by atomic mass is 10.1. The lowest BCUT2D eigenvalue weighted by molar-refractivity contribution is 0.0793. The number of hydrogen-bond donors (Lipinski definition) is 2. The Kier molecular flexibility index (Phi) is 5.51. The van der Waals surface area contributed by atoms with Crippen LogP contribution in [0, 0.1) is 0 Å². The minimum absolute atomic E-state index is 0.184. The maximum atomic E-state index is 12.5. The quantitative estimate of drug-likeness (QED) is 0.891. The van der Waals surface area contributed by atoms with Gasteiger partial charge in [0.15, 0.2) is 0 Å². The predicted molar refractivity (Wildman–Crippen MR) is 96.4 cm³/mol. The fraction of sp³-hybridized carbons (Fsp3) is 0.316. The summed E-state index contributed by atoms with van der Waals surface area (Å²) >= 11 is 6.10. The smallest absolute Gasteiger partial charge is 0.257 e. The molecule has 1 amide bonds. The zero-order valence-corrected chi connectivity index (χ0v) is 14.2. The van der Waals surface area contributed by atoms with E-state index in [1.165, 1.54) is 0 Å². The molecule has 0 atom stereocenters. The van der Waals surface area contributed by atoms with E-state index in [-0.39, 0.29) is 12.0 Å². The number of piperidine rings is 1. The third kappa shape index (κ3) is 4.15. The number of rotatable bonds is 4. The fourth-order valence-corrected chi connectivity index (χ4v) is 3.16. The van der Waals surface area contributed by atoms with Crippen LogP contribution in [-0.2, 0) is 6.54 Å². The molecule has 1 saturated heterocycles. The van der Waals surface area contributed by atoms with Crippen molar-refractivity contribution in [2.45, 2.75) is 25.5 Å². The van der Waals surface area contributed by atoms with Crippen molar-refractivity contribution in [1.82, 2.24) is 4.90 Å². The minimum atomic E-state index is -0.206. The third-order valence-corrected chi connectivity index (χ3v) is 4.66. The molecule has 0 aromatic heterocycles. The number of likely N-dealkylation sites (tertiary alicyclic amines) is 1. The van der Waals surface area contributed by atoms with Gasteiger partial charge in [-0.2, -0.15) is 0 Å². The largest absolute Gasteiger partial charge is 0.393 e. The number of nitrogens with zero attached hydrogens (tertiary/aromatic N) is 1. The number of amides is 1. The minimum Gasteiger partial charge on any atom is -0.393 e. The van der Waals surface area contributed by atoms with Gasteiger partial charge in [-0.15, -0.1) is 0 Å². The summed E-state index contributed by atoms with van der Waals surface area (Å²) in [5.41, 5.74) is 2.33. The maximum Gasteiger partial charge on any atom is 0.257 e. The molecule has 2 aromatic carbocycles. The standard InChI is InChI=1S/C19H21ClN2O2/c20-17-7-3-2-6-16(17)19(24)21-18-8-4-1-5-14(18)13-22-11-9-15(23)10-12-22/h1-8,15,23H,9-13H2,(H,21,24). The van der Waals surface area contributed by atoms with E-state index in [9.17, 15) is 9.90 Å². The molecule has 0 spiro atoms. The van der Waals surface area contributed by atoms with Crippen LogP contribution >= 0.6 is 11.6 Å². The van der Waals surface area contributed by atoms with Crippen molar-refractivity contribution >= 4 is 23.2 Å². The molecule has 2 N–H and O–H groups in total. The van der Waals surface area contributed by atoms with Crippen LogP contribution in [0.3, 0.4) is 0 Å². The normalized spacial score (nSPS) is 16.1. The molecule has 24 heavy (non-hydrogen) atoms. The van der Waals surface area contributed by atoms with Crippen molar-refractivity contribution in [3.05, 3.63) is 64.7 Å². The number of carbonyl (C=O) groups excluding carboxylic acids is 1. The van der Waals surface area contributed by atoms with Gasteiger partial charge in [-0.1, -0.05) is 41.9 Å². The van der Waals surface area contributed by atoms with Crippen LogP contribution in [0.2, 0.25) is 5.02 Å². The second kappa shape index (κ2) is 7.79. The van der Waals surface area contributed by atoms with Gasteiger partial charge in [-0.25, -0.2) is 0 Å². The van der Waals surface area contributed by atoms with Crippen molar-refractivity contribution in [2.75, 3.05) is 18.4 Å². The lowest BCUT2D eigenvalue weighted by Crippen LogP contribution is -2.35. The molecule has 1 aliphatic heterocycles. The predicted octanol–water partition coefficient (Wildman–Crippen LogP) is 3.55. The van der Waals surface area contributed by atoms with E-state index in [1.807, 2.05) is 24.3 Å². The summed E-state index contributed by atoms with van der Waals surface area (Å²) in [6.45, 7) is 2.49. The van der Waals surface area contributed by atoms with Gasteiger partial charge in [0, 0.05) is 25.3 Å². The number of hydrogen-bond acceptors (Lipinski definition) is 3. The number of nitrogens with one attached hydrogen (secondary N) is 1. The molecular weight excluding hydrogens is 324 g/mol. The van der Waals surface area contributed by atoms with E-state index >= 15 is 0 Å². The molecule has 0 unspecified atom stereocenters. The highest BCUT2D eigenvalue weighted by Crippen LogP contribution is 2.22. The lowest BCUT2D eigenvalue weighted by Gasteiger charge is -2.30. The Hall–Kier alpha value is -1.88. The van der Waals surface area contributed by atoms with E-state index in [0.29, 0.717) is 10.6 Å². The summed E-state index contributed by atoms with van der Waals surface area (Å²) in [7, 11) is 0. The van der Waals surface area contributed by atoms with Crippen LogP contribution in [0.4, 0.5) is 5.69 Å². The number of para-hydroxylation sites is 1. The Morgan fingerprint density at radius 2 is 1.79 bits per heavy atom. The third-order valence-electron chi connectivity index (χ3n) is 4.34. The molecule has 126 valence electrons. The summed E-state index contributed by atoms with van der Waals surface area (Å²) in [6, 6.07) is 14.8. The Balaban J connectivity index is 1.72. The molecule has 2 aromatic rings. The number of benzene rings is 2. The van der Waals surface area contributed by atoms with Crippen molar-refractivity contribution in [3.8, 4) is 0 Å². The number of halogens is 1. The van der Waals surface area contributed by atoms with Gasteiger partial charge in [-0.05, 0) is 36.6 Å². The Labute approximate surface area is 147 Å². The summed E-state index contributed by atoms with van der Waals surface area (Å²) in [5.74, 6) is -0.206. The Morgan fingerprint density at radius 1 is 1.12 bits per heavy atom. The Morgan fingerprint density at radius 3 is 2.54 bits per heavy atom. The van der Waals surface area contributed by atoms with Gasteiger partial charge in [0.25, 0.3) is 5.91 Å². The second-order valence-electron chi connectivity index (χ2n) is 6.10. The molecule has 1 aliphatic rings. The van der Waals surface area contributed by atoms with E-state index < -0.39 is 0 Å². The highest BCUT2D eigenvalue weighted by molar-refractivity contribution is 6.34. The molecule has 1 fully saturated rings. The molecule has 5 heteroatoms. The SMILES string of the molecule is O=C(Nc1ccccc1CN1CCC(O)CC1)c1ccccc1Cl. The van der Waals surface area contributed by atoms with Crippen molar-refractivity contribution < 1.29 is 9.90 Å². The first kappa shape index (κ1) is 17.0. The fourth-order valence-electron chi connectivity index (χ4n) is 2.93. The van der Waals surface area contributed by atoms with Crippen LogP contribution in [-0.4, -0.2) is 35.1 Å². The molecule has 1 heterocycles. The Bertz CT molecular complexity index is 712. The van der Waals surface area contributed by atoms with Crippen LogP contribution in [0.5, 0.6) is 0 Å². The first-order valence-corrected chi connectivity index (χ1v) is 8.55. The van der Waals surface area contributed by atoms with E-state index in [4.69, 9.17) is 11.6 Å². The summed E-state index contributed by atoms with van der Waals surface area (Å²) in [4.78, 5) is 14.8. The summed E-state index contributed by atoms with van der Waals surface area (Å²) in [6.07, 6.45) is 1.42. The first-order valence-electron chi connectivity index (χ1n) is 8.17. The molecular formula is C19H21ClN2O2. The van der Waals surface area contributed by atoms with E-state index in [2.05, 4.69) is 10.2 Å². The van der Waals surface area contributed by atoms with E-state index in [1.54, 1.807) is 24.3 Å². The van der Waals surface area contributed by atoms with Gasteiger partial charge < -0.3 is 10.4 Å². The number of aliphatic hydroxyl groups excluding tert-OH is 1. The summed E-state index contributed by atoms with van der Waals surface area (Å²) < 4.78 is 0. The van der Waals surface area contributed by atoms with Crippen molar-refractivity contribution in [2.24, 2.45) is 0 Å². The van der Waals surface area contributed by atoms with Crippen molar-refractivity contribution in [3.63, 3.8) is 0 Å². The second-order valence-corrected chi connectivity index (χ2v) is 6.51. The molecule has 0 bridgehead atoms. The maximum absolute atomic E-state index is 12.5. The topological polar surface area (TPSA) is 52.6 Å². The molecule has 0 radical (unpaired) electrons. The zero-order chi connectivity index (χ0) is 16.9. The zero-order valence-electron chi connectivity index (χ0n) is 13.4. The van der Waals surface area contributed by atoms with Crippen molar-refractivity contribution in [1.29, 1.82) is 0 Å². The molecule has 4 nitrogen and oxygen atoms in total. The van der Waals surface area contributed by atoms with E-state index in [0.717, 1.165) is 43.7 Å². The average Bonchev–Trinajstić information content (AvgIpc) is 2.59. The van der Waals surface area contributed by atoms with Crippen LogP contribution in [0.25, 0.3) is 0 Å². The van der Waals surface area contributed by atoms with Gasteiger partial charge in [0.05, 0.1) is 16.7 Å². The van der Waals surface area contributed by atoms with Gasteiger partial charge in [-0.3, -0.25) is 9.69 Å². The van der Waals surface area contributed by atoms with Crippen LogP contribution in [0.15, 0.2) is 48.5 Å². The average molecular weight is 345 g/mol. The molecule has 0 aliphatic carbocycles. The first-order chi connectivity index (χ1) is 11.6. The number of anilines is 1. The highest BCUT2D eigenvalue weighted by atomic mass is 35.5. The van der Waals surface area contributed by atoms with Crippen LogP contribution in [0.1, 0.15) is 28.8 Å². The van der Waals surface area contributed by atoms with Gasteiger partial charge in [0.1, 0.15) is 0 Å². The molecule has 3 rings (SSSR count).